The van der Waals surface area contributed by atoms with Crippen LogP contribution in [0.2, 0.25) is 0 Å². The molecule has 0 N–H and O–H groups in total. The number of fused-ring (bicyclic) bond motifs is 4. The SMILES string of the molecule is c1ccc(-c2sc3cccc4c3c2-c2cccc3c2B4c2ccccc2N3c2ccccc2)cc1. The molecule has 0 saturated carbocycles. The summed E-state index contributed by atoms with van der Waals surface area (Å²) < 4.78 is 1.37. The van der Waals surface area contributed by atoms with Crippen molar-refractivity contribution in [1.29, 1.82) is 0 Å². The summed E-state index contributed by atoms with van der Waals surface area (Å²) in [6, 6.07) is 44.4. The first-order valence-electron chi connectivity index (χ1n) is 12.1. The Morgan fingerprint density at radius 1 is 0.571 bits per heavy atom. The smallest absolute Gasteiger partial charge is 0.248 e. The Hall–Kier alpha value is -4.08. The quantitative estimate of drug-likeness (QED) is 0.255. The van der Waals surface area contributed by atoms with Gasteiger partial charge in [0.1, 0.15) is 0 Å². The van der Waals surface area contributed by atoms with Crippen molar-refractivity contribution in [3.8, 4) is 21.6 Å². The van der Waals surface area contributed by atoms with Crippen LogP contribution in [0.4, 0.5) is 17.1 Å². The first-order valence-corrected chi connectivity index (χ1v) is 12.9. The predicted octanol–water partition coefficient (Wildman–Crippen LogP) is 6.85. The fourth-order valence-electron chi connectivity index (χ4n) is 6.13. The third-order valence-corrected chi connectivity index (χ3v) is 8.68. The molecule has 3 heteroatoms. The number of nitrogens with zero attached hydrogens (tertiary/aromatic N) is 1. The molecule has 6 aromatic rings. The second kappa shape index (κ2) is 7.21. The highest BCUT2D eigenvalue weighted by atomic mass is 32.1. The van der Waals surface area contributed by atoms with E-state index in [1.165, 1.54) is 65.1 Å². The van der Waals surface area contributed by atoms with E-state index >= 15 is 0 Å². The Labute approximate surface area is 209 Å². The van der Waals surface area contributed by atoms with Gasteiger partial charge in [-0.1, -0.05) is 96.5 Å². The molecule has 3 heterocycles. The van der Waals surface area contributed by atoms with Gasteiger partial charge in [-0.15, -0.1) is 11.3 Å². The predicted molar refractivity (Wildman–Crippen MR) is 152 cm³/mol. The molecule has 5 aromatic carbocycles. The normalized spacial score (nSPS) is 13.0. The summed E-state index contributed by atoms with van der Waals surface area (Å²) in [5.41, 5.74) is 12.0. The standard InChI is InChI=1S/C32H20BNS/c1-3-11-21(12-4-1)32-29-23-15-9-19-27-31(23)33(25-17-10-20-28(35-32)30(25)29)24-16-7-8-18-26(24)34(27)22-13-5-2-6-14-22/h1-20H. The van der Waals surface area contributed by atoms with Crippen LogP contribution in [-0.4, -0.2) is 6.71 Å². The Morgan fingerprint density at radius 3 is 2.11 bits per heavy atom. The van der Waals surface area contributed by atoms with E-state index in [9.17, 15) is 0 Å². The molecule has 162 valence electrons. The van der Waals surface area contributed by atoms with Gasteiger partial charge in [0.2, 0.25) is 6.71 Å². The number of thiophene rings is 1. The number of hydrogen-bond acceptors (Lipinski definition) is 2. The van der Waals surface area contributed by atoms with Gasteiger partial charge in [0, 0.05) is 32.2 Å². The van der Waals surface area contributed by atoms with Gasteiger partial charge in [0.15, 0.2) is 0 Å². The van der Waals surface area contributed by atoms with Crippen molar-refractivity contribution in [2.75, 3.05) is 4.90 Å². The topological polar surface area (TPSA) is 3.24 Å². The highest BCUT2D eigenvalue weighted by Crippen LogP contribution is 2.48. The molecule has 2 aliphatic heterocycles. The van der Waals surface area contributed by atoms with Crippen LogP contribution in [0.1, 0.15) is 0 Å². The zero-order chi connectivity index (χ0) is 22.9. The van der Waals surface area contributed by atoms with Gasteiger partial charge < -0.3 is 4.90 Å². The molecule has 8 rings (SSSR count). The fourth-order valence-corrected chi connectivity index (χ4v) is 7.39. The van der Waals surface area contributed by atoms with Gasteiger partial charge in [0.25, 0.3) is 0 Å². The summed E-state index contributed by atoms with van der Waals surface area (Å²) in [4.78, 5) is 3.81. The van der Waals surface area contributed by atoms with Crippen LogP contribution in [0.3, 0.4) is 0 Å². The molecule has 0 aliphatic carbocycles. The Balaban J connectivity index is 1.52. The highest BCUT2D eigenvalue weighted by molar-refractivity contribution is 7.23. The average Bonchev–Trinajstić information content (AvgIpc) is 3.32. The van der Waals surface area contributed by atoms with Gasteiger partial charge in [0.05, 0.1) is 0 Å². The number of hydrogen-bond donors (Lipinski definition) is 0. The first-order chi connectivity index (χ1) is 17.4. The maximum Gasteiger partial charge on any atom is 0.248 e. The minimum atomic E-state index is 0.229. The van der Waals surface area contributed by atoms with Crippen molar-refractivity contribution in [3.05, 3.63) is 121 Å². The second-order valence-electron chi connectivity index (χ2n) is 9.29. The van der Waals surface area contributed by atoms with E-state index in [2.05, 4.69) is 126 Å². The maximum absolute atomic E-state index is 2.45. The van der Waals surface area contributed by atoms with E-state index in [1.807, 2.05) is 11.3 Å². The Bertz CT molecular complexity index is 1750. The number of benzene rings is 5. The van der Waals surface area contributed by atoms with Crippen molar-refractivity contribution < 1.29 is 0 Å². The molecule has 0 unspecified atom stereocenters. The molecule has 0 fully saturated rings. The molecule has 0 saturated heterocycles. The molecule has 35 heavy (non-hydrogen) atoms. The lowest BCUT2D eigenvalue weighted by Crippen LogP contribution is -2.59. The molecule has 0 atom stereocenters. The first kappa shape index (κ1) is 19.3. The highest BCUT2D eigenvalue weighted by Gasteiger charge is 2.41. The van der Waals surface area contributed by atoms with Crippen molar-refractivity contribution in [2.45, 2.75) is 0 Å². The van der Waals surface area contributed by atoms with Crippen LogP contribution >= 0.6 is 11.3 Å². The molecular formula is C32H20BNS. The summed E-state index contributed by atoms with van der Waals surface area (Å²) in [6.07, 6.45) is 0. The van der Waals surface area contributed by atoms with Crippen LogP contribution in [-0.2, 0) is 0 Å². The molecule has 0 radical (unpaired) electrons. The van der Waals surface area contributed by atoms with Gasteiger partial charge >= 0.3 is 0 Å². The van der Waals surface area contributed by atoms with E-state index in [0.29, 0.717) is 0 Å². The van der Waals surface area contributed by atoms with Crippen molar-refractivity contribution in [3.63, 3.8) is 0 Å². The van der Waals surface area contributed by atoms with Gasteiger partial charge in [-0.2, -0.15) is 0 Å². The molecule has 2 aliphatic rings. The fraction of sp³-hybridized carbons (Fsp3) is 0. The minimum Gasteiger partial charge on any atom is -0.312 e. The van der Waals surface area contributed by atoms with Crippen molar-refractivity contribution >= 4 is 61.6 Å². The third kappa shape index (κ3) is 2.59. The minimum absolute atomic E-state index is 0.229. The van der Waals surface area contributed by atoms with E-state index in [-0.39, 0.29) is 6.71 Å². The summed E-state index contributed by atoms with van der Waals surface area (Å²) in [5.74, 6) is 0. The van der Waals surface area contributed by atoms with Crippen LogP contribution in [0.5, 0.6) is 0 Å². The van der Waals surface area contributed by atoms with Crippen LogP contribution in [0.15, 0.2) is 121 Å². The third-order valence-electron chi connectivity index (χ3n) is 7.48. The molecular weight excluding hydrogens is 441 g/mol. The average molecular weight is 461 g/mol. The van der Waals surface area contributed by atoms with Gasteiger partial charge in [-0.3, -0.25) is 0 Å². The van der Waals surface area contributed by atoms with Crippen molar-refractivity contribution in [1.82, 2.24) is 0 Å². The lowest BCUT2D eigenvalue weighted by atomic mass is 9.32. The second-order valence-corrected chi connectivity index (χ2v) is 10.3. The summed E-state index contributed by atoms with van der Waals surface area (Å²) >= 11 is 1.92. The molecule has 1 nitrogen and oxygen atoms in total. The van der Waals surface area contributed by atoms with Crippen LogP contribution in [0, 0.1) is 0 Å². The van der Waals surface area contributed by atoms with Crippen LogP contribution in [0.25, 0.3) is 31.7 Å². The maximum atomic E-state index is 2.45. The lowest BCUT2D eigenvalue weighted by Gasteiger charge is -2.40. The van der Waals surface area contributed by atoms with Crippen molar-refractivity contribution in [2.24, 2.45) is 0 Å². The molecule has 1 aromatic heterocycles. The number of anilines is 3. The van der Waals surface area contributed by atoms with Crippen LogP contribution < -0.4 is 21.3 Å². The summed E-state index contributed by atoms with van der Waals surface area (Å²) in [6.45, 7) is 0.229. The number of rotatable bonds is 2. The molecule has 0 amide bonds. The monoisotopic (exact) mass is 461 g/mol. The van der Waals surface area contributed by atoms with Gasteiger partial charge in [-0.05, 0) is 57.8 Å². The summed E-state index contributed by atoms with van der Waals surface area (Å²) in [5, 5.41) is 1.42. The Kier molecular flexibility index (Phi) is 3.97. The van der Waals surface area contributed by atoms with Gasteiger partial charge in [-0.25, -0.2) is 0 Å². The van der Waals surface area contributed by atoms with E-state index in [4.69, 9.17) is 0 Å². The molecule has 0 bridgehead atoms. The molecule has 0 spiro atoms. The number of para-hydroxylation sites is 2. The van der Waals surface area contributed by atoms with E-state index in [0.717, 1.165) is 0 Å². The zero-order valence-corrected chi connectivity index (χ0v) is 19.8. The Morgan fingerprint density at radius 2 is 1.26 bits per heavy atom. The zero-order valence-electron chi connectivity index (χ0n) is 19.0. The summed E-state index contributed by atoms with van der Waals surface area (Å²) in [7, 11) is 0. The lowest BCUT2D eigenvalue weighted by molar-refractivity contribution is 1.29. The van der Waals surface area contributed by atoms with E-state index < -0.39 is 0 Å². The van der Waals surface area contributed by atoms with E-state index in [1.54, 1.807) is 0 Å². The largest absolute Gasteiger partial charge is 0.312 e.